The predicted molar refractivity (Wildman–Crippen MR) is 122 cm³/mol. The van der Waals surface area contributed by atoms with Crippen LogP contribution in [0.2, 0.25) is 0 Å². The molecule has 8 heteroatoms. The Labute approximate surface area is 212 Å². The van der Waals surface area contributed by atoms with Gasteiger partial charge in [0, 0.05) is 31.6 Å². The molecule has 0 radical (unpaired) electrons. The minimum Gasteiger partial charge on any atom is 0 e. The van der Waals surface area contributed by atoms with Gasteiger partial charge in [0.1, 0.15) is 5.75 Å². The number of methoxy groups -OCH3 is 1. The number of rotatable bonds is 1. The van der Waals surface area contributed by atoms with E-state index in [4.69, 9.17) is 28.0 Å². The SMILES string of the molecule is COc1ccc2c3ccccc3c3[pH]c4ccccc4c3c2c1.[C-]#[O+].[C-]#[O+].[C-]#[O+].[C-]#[O+].[C-]#[O+].[W]. The summed E-state index contributed by atoms with van der Waals surface area (Å²) in [5.74, 6) is 0.919. The van der Waals surface area contributed by atoms with Crippen LogP contribution in [0.25, 0.3) is 42.6 Å². The second-order valence-corrected chi connectivity index (χ2v) is 7.17. The topological polar surface area (TPSA) is 109 Å². The molecule has 0 amide bonds. The average Bonchev–Trinajstić information content (AvgIpc) is 3.34. The van der Waals surface area contributed by atoms with E-state index in [0.717, 1.165) is 13.9 Å². The smallest absolute Gasteiger partial charge is 0 e. The zero-order valence-electron chi connectivity index (χ0n) is 17.7. The maximum absolute atomic E-state index is 7.50. The summed E-state index contributed by atoms with van der Waals surface area (Å²) in [7, 11) is 2.46. The molecular formula is C26H15O6PW. The van der Waals surface area contributed by atoms with E-state index in [9.17, 15) is 0 Å². The van der Waals surface area contributed by atoms with E-state index >= 15 is 0 Å². The van der Waals surface area contributed by atoms with Crippen molar-refractivity contribution >= 4 is 50.7 Å². The van der Waals surface area contributed by atoms with Crippen LogP contribution >= 0.6 is 8.19 Å². The van der Waals surface area contributed by atoms with Crippen molar-refractivity contribution in [2.75, 3.05) is 7.11 Å². The van der Waals surface area contributed by atoms with Gasteiger partial charge in [-0.25, -0.2) is 0 Å². The Kier molecular flexibility index (Phi) is 17.8. The van der Waals surface area contributed by atoms with Gasteiger partial charge in [0.05, 0.1) is 7.11 Å². The van der Waals surface area contributed by atoms with E-state index < -0.39 is 0 Å². The summed E-state index contributed by atoms with van der Waals surface area (Å²) < 4.78 is 43.0. The van der Waals surface area contributed by atoms with Gasteiger partial charge < -0.3 is 4.74 Å². The molecule has 1 aromatic heterocycles. The Bertz CT molecular complexity index is 1410. The molecular weight excluding hydrogens is 623 g/mol. The number of fused-ring (bicyclic) bond motifs is 8. The van der Waals surface area contributed by atoms with Crippen molar-refractivity contribution in [3.05, 3.63) is 100.0 Å². The van der Waals surface area contributed by atoms with Gasteiger partial charge in [-0.2, -0.15) is 0 Å². The maximum Gasteiger partial charge on any atom is 0 e. The van der Waals surface area contributed by atoms with Crippen LogP contribution in [0.5, 0.6) is 5.75 Å². The normalized spacial score (nSPS) is 8.44. The van der Waals surface area contributed by atoms with E-state index in [2.05, 4.69) is 100.0 Å². The van der Waals surface area contributed by atoms with E-state index in [1.54, 1.807) is 7.11 Å². The van der Waals surface area contributed by atoms with E-state index in [-0.39, 0.29) is 21.1 Å². The minimum absolute atomic E-state index is 0. The summed E-state index contributed by atoms with van der Waals surface area (Å²) in [4.78, 5) is 0. The van der Waals surface area contributed by atoms with Crippen molar-refractivity contribution in [2.24, 2.45) is 0 Å². The first-order chi connectivity index (χ1) is 16.4. The fourth-order valence-corrected chi connectivity index (χ4v) is 5.19. The third kappa shape index (κ3) is 6.70. The van der Waals surface area contributed by atoms with Crippen LogP contribution in [0.4, 0.5) is 0 Å². The summed E-state index contributed by atoms with van der Waals surface area (Å²) in [5, 5.41) is 11.0. The Morgan fingerprint density at radius 1 is 0.588 bits per heavy atom. The summed E-state index contributed by atoms with van der Waals surface area (Å²) in [6.45, 7) is 22.5. The second-order valence-electron chi connectivity index (χ2n) is 5.88. The minimum atomic E-state index is 0. The molecule has 166 valence electrons. The van der Waals surface area contributed by atoms with E-state index in [0.29, 0.717) is 0 Å². The molecule has 1 unspecified atom stereocenters. The Morgan fingerprint density at radius 3 is 1.62 bits per heavy atom. The number of hydrogen-bond acceptors (Lipinski definition) is 1. The molecule has 4 aromatic carbocycles. The van der Waals surface area contributed by atoms with Crippen LogP contribution in [0.3, 0.4) is 0 Å². The summed E-state index contributed by atoms with van der Waals surface area (Å²) >= 11 is 0. The van der Waals surface area contributed by atoms with Crippen molar-refractivity contribution in [1.82, 2.24) is 0 Å². The number of hydrogen-bond donors (Lipinski definition) is 0. The molecule has 0 aliphatic rings. The molecule has 0 saturated carbocycles. The number of benzene rings is 4. The molecule has 0 aliphatic carbocycles. The van der Waals surface area contributed by atoms with Gasteiger partial charge in [0.25, 0.3) is 0 Å². The number of ether oxygens (including phenoxy) is 1. The zero-order valence-corrected chi connectivity index (χ0v) is 21.6. The molecule has 6 nitrogen and oxygen atoms in total. The van der Waals surface area contributed by atoms with Crippen LogP contribution in [0.1, 0.15) is 0 Å². The van der Waals surface area contributed by atoms with Gasteiger partial charge in [-0.3, -0.25) is 0 Å². The second kappa shape index (κ2) is 18.3. The molecule has 0 N–H and O–H groups in total. The first-order valence-corrected chi connectivity index (χ1v) is 9.78. The Hall–Kier alpha value is -3.11. The molecule has 0 fully saturated rings. The molecule has 0 saturated heterocycles. The van der Waals surface area contributed by atoms with Crippen molar-refractivity contribution in [2.45, 2.75) is 0 Å². The van der Waals surface area contributed by atoms with Crippen LogP contribution in [-0.2, 0) is 44.3 Å². The molecule has 0 spiro atoms. The molecule has 1 heterocycles. The van der Waals surface area contributed by atoms with Crippen LogP contribution < -0.4 is 4.74 Å². The van der Waals surface area contributed by atoms with Crippen molar-refractivity contribution in [1.29, 1.82) is 0 Å². The Morgan fingerprint density at radius 2 is 1.06 bits per heavy atom. The first kappa shape index (κ1) is 33.1. The van der Waals surface area contributed by atoms with E-state index in [1.165, 1.54) is 42.6 Å². The third-order valence-electron chi connectivity index (χ3n) is 4.69. The summed E-state index contributed by atoms with van der Waals surface area (Å²) in [6.07, 6.45) is 0. The first-order valence-electron chi connectivity index (χ1n) is 8.78. The van der Waals surface area contributed by atoms with Crippen LogP contribution in [0.15, 0.2) is 66.7 Å². The van der Waals surface area contributed by atoms with Gasteiger partial charge in [-0.15, -0.1) is 8.19 Å². The largest absolute Gasteiger partial charge is 0 e. The van der Waals surface area contributed by atoms with Crippen LogP contribution in [-0.4, -0.2) is 7.11 Å². The van der Waals surface area contributed by atoms with Gasteiger partial charge in [0.15, 0.2) is 0 Å². The zero-order chi connectivity index (χ0) is 25.4. The van der Waals surface area contributed by atoms with Crippen molar-refractivity contribution in [3.63, 3.8) is 0 Å². The molecule has 5 rings (SSSR count). The monoisotopic (exact) mass is 638 g/mol. The van der Waals surface area contributed by atoms with Gasteiger partial charge in [0.2, 0.25) is 0 Å². The van der Waals surface area contributed by atoms with Crippen LogP contribution in [0, 0.1) is 33.3 Å². The molecule has 34 heavy (non-hydrogen) atoms. The Balaban J connectivity index is 0. The predicted octanol–water partition coefficient (Wildman–Crippen LogP) is 6.15. The average molecular weight is 638 g/mol. The summed E-state index contributed by atoms with van der Waals surface area (Å²) in [6, 6.07) is 24.0. The molecule has 0 aliphatic heterocycles. The molecule has 1 atom stereocenters. The quantitative estimate of drug-likeness (QED) is 0.123. The van der Waals surface area contributed by atoms with Crippen molar-refractivity contribution < 1.29 is 49.1 Å². The summed E-state index contributed by atoms with van der Waals surface area (Å²) in [5.41, 5.74) is 0. The fourth-order valence-electron chi connectivity index (χ4n) is 3.65. The van der Waals surface area contributed by atoms with Gasteiger partial charge in [-0.05, 0) is 44.2 Å². The van der Waals surface area contributed by atoms with Crippen molar-refractivity contribution in [3.8, 4) is 5.75 Å². The van der Waals surface area contributed by atoms with E-state index in [1.807, 2.05) is 0 Å². The molecule has 0 bridgehead atoms. The third-order valence-corrected chi connectivity index (χ3v) is 6.16. The van der Waals surface area contributed by atoms with Gasteiger partial charge in [-0.1, -0.05) is 54.6 Å². The standard InChI is InChI=1S/C21H15OP.5CO.W/c1-22-13-10-11-15-14-6-2-3-7-16(14)21-20(18(15)12-13)17-8-4-5-9-19(17)23-21;5*1-2;/h2-12,23H,1H3;;;;;;. The molecule has 5 aromatic rings. The van der Waals surface area contributed by atoms with Gasteiger partial charge >= 0.3 is 56.5 Å². The fraction of sp³-hybridized carbons (Fsp3) is 0.0385. The maximum atomic E-state index is 7.50.